The second-order valence-corrected chi connectivity index (χ2v) is 8.88. The monoisotopic (exact) mass is 389 g/mol. The Morgan fingerprint density at radius 2 is 1.86 bits per heavy atom. The average molecular weight is 389 g/mol. The van der Waals surface area contributed by atoms with Crippen LogP contribution in [0.1, 0.15) is 68.4 Å². The number of nitrogens with zero attached hydrogens (tertiary/aromatic N) is 1. The van der Waals surface area contributed by atoms with E-state index in [1.807, 2.05) is 32.9 Å². The average Bonchev–Trinajstić information content (AvgIpc) is 2.63. The quantitative estimate of drug-likeness (QED) is 0.654. The maximum Gasteiger partial charge on any atom is 0.410 e. The van der Waals surface area contributed by atoms with Crippen molar-refractivity contribution in [3.63, 3.8) is 0 Å². The molecule has 1 aliphatic heterocycles. The minimum Gasteiger partial charge on any atom is -0.465 e. The highest BCUT2D eigenvalue weighted by Gasteiger charge is 2.48. The van der Waals surface area contributed by atoms with Crippen LogP contribution in [0.5, 0.6) is 0 Å². The number of carbonyl (C=O) groups excluding carboxylic acids is 2. The number of allylic oxidation sites excluding steroid dienone is 1. The molecule has 0 unspecified atom stereocenters. The van der Waals surface area contributed by atoms with Gasteiger partial charge in [-0.05, 0) is 75.1 Å². The Kier molecular flexibility index (Phi) is 5.50. The predicted molar refractivity (Wildman–Crippen MR) is 104 cm³/mol. The first-order chi connectivity index (χ1) is 13.2. The van der Waals surface area contributed by atoms with Gasteiger partial charge in [0.05, 0.1) is 25.0 Å². The molecule has 0 radical (unpaired) electrons. The molecule has 6 heteroatoms. The van der Waals surface area contributed by atoms with Crippen LogP contribution in [-0.4, -0.2) is 36.2 Å². The molecule has 3 rings (SSSR count). The molecule has 1 atom stereocenters. The van der Waals surface area contributed by atoms with Gasteiger partial charge in [0.25, 0.3) is 0 Å². The molecular formula is C22H28FNO4. The van der Waals surface area contributed by atoms with Gasteiger partial charge in [-0.3, -0.25) is 0 Å². The molecular weight excluding hydrogens is 361 g/mol. The van der Waals surface area contributed by atoms with E-state index in [1.165, 1.54) is 7.11 Å². The number of rotatable bonds is 2. The molecule has 1 amide bonds. The van der Waals surface area contributed by atoms with Crippen molar-refractivity contribution in [2.75, 3.05) is 13.7 Å². The zero-order valence-corrected chi connectivity index (χ0v) is 17.0. The Bertz CT molecular complexity index is 771. The van der Waals surface area contributed by atoms with E-state index in [0.717, 1.165) is 36.8 Å². The first-order valence-corrected chi connectivity index (χ1v) is 9.62. The third kappa shape index (κ3) is 4.21. The van der Waals surface area contributed by atoms with Crippen LogP contribution in [0.2, 0.25) is 0 Å². The zero-order chi connectivity index (χ0) is 20.5. The minimum atomic E-state index is -0.577. The van der Waals surface area contributed by atoms with E-state index in [2.05, 4.69) is 0 Å². The molecule has 28 heavy (non-hydrogen) atoms. The van der Waals surface area contributed by atoms with E-state index in [1.54, 1.807) is 17.0 Å². The van der Waals surface area contributed by atoms with Gasteiger partial charge < -0.3 is 14.4 Å². The van der Waals surface area contributed by atoms with Crippen LogP contribution < -0.4 is 0 Å². The van der Waals surface area contributed by atoms with Gasteiger partial charge in [-0.2, -0.15) is 0 Å². The normalized spacial score (nSPS) is 24.5. The lowest BCUT2D eigenvalue weighted by Crippen LogP contribution is -2.49. The number of hydrogen-bond acceptors (Lipinski definition) is 4. The first-order valence-electron chi connectivity index (χ1n) is 9.62. The molecule has 0 aromatic heterocycles. The highest BCUT2D eigenvalue weighted by Crippen LogP contribution is 2.56. The second kappa shape index (κ2) is 7.57. The second-order valence-electron chi connectivity index (χ2n) is 8.88. The topological polar surface area (TPSA) is 55.8 Å². The van der Waals surface area contributed by atoms with Crippen molar-refractivity contribution in [3.05, 3.63) is 47.3 Å². The van der Waals surface area contributed by atoms with E-state index in [9.17, 15) is 14.0 Å². The van der Waals surface area contributed by atoms with Gasteiger partial charge >= 0.3 is 12.1 Å². The highest BCUT2D eigenvalue weighted by molar-refractivity contribution is 5.89. The maximum atomic E-state index is 12.9. The molecule has 0 bridgehead atoms. The van der Waals surface area contributed by atoms with Crippen molar-refractivity contribution in [1.29, 1.82) is 0 Å². The Labute approximate surface area is 165 Å². The number of likely N-dealkylation sites (tertiary alicyclic amines) is 1. The number of ether oxygens (including phenoxy) is 2. The van der Waals surface area contributed by atoms with E-state index < -0.39 is 11.6 Å². The SMILES string of the molecule is COC(=O)c1ccc([C@@H]2CC3(CCN2C(=O)OC(C)(C)C)CC(=CF)C3)cc1. The summed E-state index contributed by atoms with van der Waals surface area (Å²) in [6.07, 6.45) is 3.43. The van der Waals surface area contributed by atoms with Gasteiger partial charge in [0.15, 0.2) is 0 Å². The van der Waals surface area contributed by atoms with Gasteiger partial charge in [0.1, 0.15) is 5.60 Å². The molecule has 1 spiro atoms. The van der Waals surface area contributed by atoms with Gasteiger partial charge in [-0.25, -0.2) is 14.0 Å². The van der Waals surface area contributed by atoms with Crippen LogP contribution in [0, 0.1) is 5.41 Å². The predicted octanol–water partition coefficient (Wildman–Crippen LogP) is 5.18. The summed E-state index contributed by atoms with van der Waals surface area (Å²) < 4.78 is 23.2. The number of piperidine rings is 1. The smallest absolute Gasteiger partial charge is 0.410 e. The molecule has 1 aromatic rings. The lowest BCUT2D eigenvalue weighted by Gasteiger charge is -2.52. The largest absolute Gasteiger partial charge is 0.465 e. The van der Waals surface area contributed by atoms with Crippen molar-refractivity contribution >= 4 is 12.1 Å². The van der Waals surface area contributed by atoms with E-state index >= 15 is 0 Å². The molecule has 152 valence electrons. The first kappa shape index (κ1) is 20.4. The summed E-state index contributed by atoms with van der Waals surface area (Å²) in [6, 6.07) is 6.97. The lowest BCUT2D eigenvalue weighted by molar-refractivity contribution is -0.0179. The summed E-state index contributed by atoms with van der Waals surface area (Å²) in [7, 11) is 1.35. The highest BCUT2D eigenvalue weighted by atomic mass is 19.1. The Hall–Kier alpha value is -2.37. The van der Waals surface area contributed by atoms with E-state index in [0.29, 0.717) is 18.4 Å². The van der Waals surface area contributed by atoms with Gasteiger partial charge in [0.2, 0.25) is 0 Å². The number of hydrogen-bond donors (Lipinski definition) is 0. The van der Waals surface area contributed by atoms with Crippen molar-refractivity contribution in [1.82, 2.24) is 4.90 Å². The van der Waals surface area contributed by atoms with E-state index in [-0.39, 0.29) is 17.6 Å². The minimum absolute atomic E-state index is 0.0299. The molecule has 5 nitrogen and oxygen atoms in total. The molecule has 1 saturated carbocycles. The Morgan fingerprint density at radius 3 is 2.39 bits per heavy atom. The molecule has 1 saturated heterocycles. The molecule has 1 aromatic carbocycles. The Morgan fingerprint density at radius 1 is 1.21 bits per heavy atom. The molecule has 1 aliphatic carbocycles. The third-order valence-electron chi connectivity index (χ3n) is 5.59. The summed E-state index contributed by atoms with van der Waals surface area (Å²) in [5.74, 6) is -0.396. The fourth-order valence-corrected chi connectivity index (χ4v) is 4.24. The number of halogens is 1. The van der Waals surface area contributed by atoms with Gasteiger partial charge in [0, 0.05) is 6.54 Å². The number of amides is 1. The molecule has 0 N–H and O–H groups in total. The summed E-state index contributed by atoms with van der Waals surface area (Å²) in [4.78, 5) is 26.3. The van der Waals surface area contributed by atoms with Crippen molar-refractivity contribution < 1.29 is 23.5 Å². The van der Waals surface area contributed by atoms with Crippen molar-refractivity contribution in [3.8, 4) is 0 Å². The van der Waals surface area contributed by atoms with E-state index in [4.69, 9.17) is 9.47 Å². The number of benzene rings is 1. The summed E-state index contributed by atoms with van der Waals surface area (Å²) in [6.45, 7) is 6.11. The number of carbonyl (C=O) groups is 2. The molecule has 2 aliphatic rings. The third-order valence-corrected chi connectivity index (χ3v) is 5.59. The summed E-state index contributed by atoms with van der Waals surface area (Å²) in [5.41, 5.74) is 1.70. The number of methoxy groups -OCH3 is 1. The number of esters is 1. The standard InChI is InChI=1S/C22H28FNO4/c1-21(2,3)28-20(26)24-10-9-22(11-15(12-22)14-23)13-18(24)16-5-7-17(8-6-16)19(25)27-4/h5-8,14,18H,9-13H2,1-4H3/t18-,22?/m0/s1. The van der Waals surface area contributed by atoms with Gasteiger partial charge in [-0.15, -0.1) is 0 Å². The maximum absolute atomic E-state index is 12.9. The van der Waals surface area contributed by atoms with Crippen LogP contribution in [0.3, 0.4) is 0 Å². The zero-order valence-electron chi connectivity index (χ0n) is 17.0. The van der Waals surface area contributed by atoms with Crippen LogP contribution in [0.15, 0.2) is 36.2 Å². The summed E-state index contributed by atoms with van der Waals surface area (Å²) in [5, 5.41) is 0. The molecule has 2 fully saturated rings. The van der Waals surface area contributed by atoms with Crippen molar-refractivity contribution in [2.45, 2.75) is 58.1 Å². The Balaban J connectivity index is 1.86. The van der Waals surface area contributed by atoms with Crippen LogP contribution in [0.4, 0.5) is 9.18 Å². The van der Waals surface area contributed by atoms with Crippen LogP contribution in [-0.2, 0) is 9.47 Å². The molecule has 1 heterocycles. The lowest BCUT2D eigenvalue weighted by atomic mass is 9.59. The fourth-order valence-electron chi connectivity index (χ4n) is 4.24. The summed E-state index contributed by atoms with van der Waals surface area (Å²) >= 11 is 0. The van der Waals surface area contributed by atoms with Crippen LogP contribution >= 0.6 is 0 Å². The van der Waals surface area contributed by atoms with Crippen molar-refractivity contribution in [2.24, 2.45) is 5.41 Å². The fraction of sp³-hybridized carbons (Fsp3) is 0.545. The van der Waals surface area contributed by atoms with Crippen LogP contribution in [0.25, 0.3) is 0 Å². The van der Waals surface area contributed by atoms with Gasteiger partial charge in [-0.1, -0.05) is 12.1 Å².